The topological polar surface area (TPSA) is 166 Å². The number of halogens is 6. The Morgan fingerprint density at radius 2 is 1.07 bits per heavy atom. The van der Waals surface area contributed by atoms with Crippen molar-refractivity contribution in [2.45, 2.75) is 6.73 Å². The molecule has 12 nitrogen and oxygen atoms in total. The SMILES string of the molecule is O=C(O)COc1ccc(Cl)cc1Cl.O=C(O)COc1ccc(Cl)cc1Cl.O=c1[nH]nnn1COc1ccc(Cl)cc1Cl. The number of H-pyrrole nitrogens is 1. The zero-order valence-electron chi connectivity index (χ0n) is 20.8. The molecule has 18 heteroatoms. The van der Waals surface area contributed by atoms with Crippen molar-refractivity contribution >= 4 is 81.5 Å². The average Bonchev–Trinajstić information content (AvgIpc) is 3.32. The summed E-state index contributed by atoms with van der Waals surface area (Å²) in [6.45, 7) is -0.903. The maximum Gasteiger partial charge on any atom is 0.364 e. The summed E-state index contributed by atoms with van der Waals surface area (Å²) in [6, 6.07) is 13.9. The number of carbonyl (C=O) groups is 2. The van der Waals surface area contributed by atoms with Gasteiger partial charge in [-0.05, 0) is 65.0 Å². The third kappa shape index (κ3) is 12.6. The minimum atomic E-state index is -1.05. The van der Waals surface area contributed by atoms with Crippen LogP contribution in [0.1, 0.15) is 0 Å². The number of ether oxygens (including phenoxy) is 3. The van der Waals surface area contributed by atoms with E-state index in [2.05, 4.69) is 15.5 Å². The van der Waals surface area contributed by atoms with Crippen LogP contribution in [0.5, 0.6) is 17.2 Å². The minimum Gasteiger partial charge on any atom is -0.480 e. The number of aromatic nitrogens is 4. The highest BCUT2D eigenvalue weighted by molar-refractivity contribution is 6.36. The largest absolute Gasteiger partial charge is 0.480 e. The number of hydrogen-bond acceptors (Lipinski definition) is 8. The van der Waals surface area contributed by atoms with Crippen LogP contribution in [0.15, 0.2) is 59.4 Å². The zero-order chi connectivity index (χ0) is 31.2. The lowest BCUT2D eigenvalue weighted by atomic mass is 10.3. The third-order valence-electron chi connectivity index (χ3n) is 4.26. The van der Waals surface area contributed by atoms with E-state index in [-0.39, 0.29) is 6.73 Å². The monoisotopic (exact) mass is 700 g/mol. The van der Waals surface area contributed by atoms with Gasteiger partial charge in [0, 0.05) is 15.1 Å². The Morgan fingerprint density at radius 1 is 0.690 bits per heavy atom. The maximum atomic E-state index is 11.0. The van der Waals surface area contributed by atoms with Crippen molar-refractivity contribution in [1.29, 1.82) is 0 Å². The Bertz CT molecular complexity index is 1500. The van der Waals surface area contributed by atoms with E-state index in [1.165, 1.54) is 24.3 Å². The van der Waals surface area contributed by atoms with Gasteiger partial charge in [-0.1, -0.05) is 69.6 Å². The number of aliphatic carboxylic acids is 2. The molecule has 0 saturated heterocycles. The summed E-state index contributed by atoms with van der Waals surface area (Å²) in [7, 11) is 0. The van der Waals surface area contributed by atoms with Gasteiger partial charge in [0.05, 0.1) is 15.1 Å². The van der Waals surface area contributed by atoms with E-state index in [9.17, 15) is 14.4 Å². The van der Waals surface area contributed by atoms with Gasteiger partial charge in [0.15, 0.2) is 19.9 Å². The fourth-order valence-electron chi connectivity index (χ4n) is 2.49. The normalized spacial score (nSPS) is 9.95. The molecule has 0 radical (unpaired) electrons. The van der Waals surface area contributed by atoms with Gasteiger partial charge in [0.2, 0.25) is 0 Å². The Balaban J connectivity index is 0.000000222. The van der Waals surface area contributed by atoms with E-state index in [0.29, 0.717) is 47.4 Å². The number of rotatable bonds is 9. The molecular weight excluding hydrogens is 685 g/mol. The molecule has 0 fully saturated rings. The van der Waals surface area contributed by atoms with Crippen LogP contribution < -0.4 is 19.9 Å². The lowest BCUT2D eigenvalue weighted by molar-refractivity contribution is -0.140. The van der Waals surface area contributed by atoms with E-state index in [1.54, 1.807) is 30.3 Å². The van der Waals surface area contributed by atoms with Crippen molar-refractivity contribution in [2.75, 3.05) is 13.2 Å². The van der Waals surface area contributed by atoms with E-state index in [0.717, 1.165) is 4.68 Å². The van der Waals surface area contributed by atoms with Gasteiger partial charge in [-0.3, -0.25) is 0 Å². The molecule has 0 aliphatic heterocycles. The smallest absolute Gasteiger partial charge is 0.364 e. The molecule has 224 valence electrons. The van der Waals surface area contributed by atoms with E-state index in [4.69, 9.17) is 94.0 Å². The molecule has 0 saturated carbocycles. The first kappa shape index (κ1) is 34.8. The Morgan fingerprint density at radius 3 is 1.38 bits per heavy atom. The second kappa shape index (κ2) is 17.5. The van der Waals surface area contributed by atoms with Gasteiger partial charge in [-0.2, -0.15) is 4.68 Å². The van der Waals surface area contributed by atoms with Crippen molar-refractivity contribution < 1.29 is 34.0 Å². The van der Waals surface area contributed by atoms with Crippen LogP contribution in [0, 0.1) is 0 Å². The Kier molecular flexibility index (Phi) is 14.5. The quantitative estimate of drug-likeness (QED) is 0.182. The molecule has 42 heavy (non-hydrogen) atoms. The number of nitrogens with zero attached hydrogens (tertiary/aromatic N) is 3. The number of hydrogen-bond donors (Lipinski definition) is 3. The molecule has 0 atom stereocenters. The second-order valence-electron chi connectivity index (χ2n) is 7.37. The summed E-state index contributed by atoms with van der Waals surface area (Å²) < 4.78 is 16.0. The molecule has 1 aromatic heterocycles. The molecule has 0 aliphatic carbocycles. The standard InChI is InChI=1S/C8H6Cl2N4O2.2C8H6Cl2O3/c9-5-1-2-7(6(10)3-5)16-4-14-8(15)11-12-13-14;2*9-5-1-2-7(6(10)3-5)13-4-8(11)12/h1-3H,4H2,(H,11,13,15);2*1-3H,4H2,(H,11,12). The van der Waals surface area contributed by atoms with Crippen molar-refractivity contribution in [1.82, 2.24) is 20.2 Å². The summed E-state index contributed by atoms with van der Waals surface area (Å²) in [5, 5.41) is 28.0. The molecule has 4 aromatic rings. The number of aromatic amines is 1. The number of carboxylic acid groups (broad SMARTS) is 2. The summed E-state index contributed by atoms with van der Waals surface area (Å²) in [4.78, 5) is 31.3. The van der Waals surface area contributed by atoms with Gasteiger partial charge in [0.1, 0.15) is 17.2 Å². The Labute approximate surface area is 267 Å². The van der Waals surface area contributed by atoms with E-state index < -0.39 is 30.8 Å². The van der Waals surface area contributed by atoms with Crippen molar-refractivity contribution in [3.63, 3.8) is 0 Å². The van der Waals surface area contributed by atoms with Gasteiger partial charge in [-0.15, -0.1) is 0 Å². The Hall–Kier alpha value is -3.39. The predicted molar refractivity (Wildman–Crippen MR) is 157 cm³/mol. The molecular formula is C24H18Cl6N4O8. The molecule has 1 heterocycles. The molecule has 3 N–H and O–H groups in total. The van der Waals surface area contributed by atoms with Crippen LogP contribution in [0.4, 0.5) is 0 Å². The molecule has 3 aromatic carbocycles. The molecule has 0 bridgehead atoms. The first-order valence-corrected chi connectivity index (χ1v) is 13.3. The van der Waals surface area contributed by atoms with Gasteiger partial charge < -0.3 is 24.4 Å². The van der Waals surface area contributed by atoms with E-state index >= 15 is 0 Å². The number of nitrogens with one attached hydrogen (secondary N) is 1. The van der Waals surface area contributed by atoms with Crippen LogP contribution in [-0.2, 0) is 16.3 Å². The van der Waals surface area contributed by atoms with E-state index in [1.807, 2.05) is 0 Å². The van der Waals surface area contributed by atoms with Gasteiger partial charge >= 0.3 is 17.6 Å². The van der Waals surface area contributed by atoms with Crippen LogP contribution in [0.25, 0.3) is 0 Å². The highest BCUT2D eigenvalue weighted by atomic mass is 35.5. The highest BCUT2D eigenvalue weighted by Crippen LogP contribution is 2.29. The lowest BCUT2D eigenvalue weighted by Gasteiger charge is -2.06. The van der Waals surface area contributed by atoms with Crippen LogP contribution in [0.3, 0.4) is 0 Å². The first-order valence-electron chi connectivity index (χ1n) is 11.0. The molecule has 0 unspecified atom stereocenters. The number of tetrazole rings is 1. The van der Waals surface area contributed by atoms with Crippen molar-refractivity contribution in [3.05, 3.63) is 95.2 Å². The summed E-state index contributed by atoms with van der Waals surface area (Å²) in [5.41, 5.74) is -0.454. The zero-order valence-corrected chi connectivity index (χ0v) is 25.3. The van der Waals surface area contributed by atoms with Gasteiger partial charge in [-0.25, -0.2) is 19.5 Å². The minimum absolute atomic E-state index is 0.0727. The third-order valence-corrected chi connectivity index (χ3v) is 5.85. The molecule has 0 amide bonds. The van der Waals surface area contributed by atoms with Crippen LogP contribution in [-0.4, -0.2) is 55.6 Å². The second-order valence-corrected chi connectivity index (χ2v) is 9.90. The predicted octanol–water partition coefficient (Wildman–Crippen LogP) is 6.22. The first-order chi connectivity index (χ1) is 19.8. The summed E-state index contributed by atoms with van der Waals surface area (Å²) in [5.74, 6) is -1.06. The number of benzene rings is 3. The fourth-order valence-corrected chi connectivity index (χ4v) is 3.88. The van der Waals surface area contributed by atoms with Crippen molar-refractivity contribution in [3.8, 4) is 17.2 Å². The fraction of sp³-hybridized carbons (Fsp3) is 0.125. The maximum absolute atomic E-state index is 11.0. The van der Waals surface area contributed by atoms with Crippen LogP contribution in [0.2, 0.25) is 30.1 Å². The summed E-state index contributed by atoms with van der Waals surface area (Å²) in [6.07, 6.45) is 0. The van der Waals surface area contributed by atoms with Crippen LogP contribution >= 0.6 is 69.6 Å². The molecule has 0 spiro atoms. The number of carboxylic acids is 2. The molecule has 0 aliphatic rings. The van der Waals surface area contributed by atoms with Gasteiger partial charge in [0.25, 0.3) is 0 Å². The molecule has 4 rings (SSSR count). The highest BCUT2D eigenvalue weighted by Gasteiger charge is 2.06. The van der Waals surface area contributed by atoms with Crippen molar-refractivity contribution in [2.24, 2.45) is 0 Å². The average molecular weight is 703 g/mol. The summed E-state index contributed by atoms with van der Waals surface area (Å²) >= 11 is 34.3. The lowest BCUT2D eigenvalue weighted by Crippen LogP contribution is -2.21.